The molecule has 0 radical (unpaired) electrons. The van der Waals surface area contributed by atoms with E-state index < -0.39 is 23.4 Å². The zero-order valence-corrected chi connectivity index (χ0v) is 19.8. The number of ether oxygens (including phenoxy) is 2. The van der Waals surface area contributed by atoms with Gasteiger partial charge in [-0.2, -0.15) is 0 Å². The molecule has 0 saturated heterocycles. The molecule has 2 aromatic carbocycles. The van der Waals surface area contributed by atoms with Crippen LogP contribution in [-0.2, 0) is 26.4 Å². The first-order valence-electron chi connectivity index (χ1n) is 10.3. The van der Waals surface area contributed by atoms with E-state index in [2.05, 4.69) is 16.9 Å². The van der Waals surface area contributed by atoms with Gasteiger partial charge in [0.05, 0.1) is 23.5 Å². The van der Waals surface area contributed by atoms with Crippen molar-refractivity contribution in [3.8, 4) is 11.3 Å². The third-order valence-corrected chi connectivity index (χ3v) is 5.50. The fraction of sp³-hybridized carbons (Fsp3) is 0.192. The second-order valence-electron chi connectivity index (χ2n) is 7.84. The van der Waals surface area contributed by atoms with Crippen molar-refractivity contribution in [3.63, 3.8) is 0 Å². The number of rotatable bonds is 7. The molecule has 3 aromatic rings. The van der Waals surface area contributed by atoms with E-state index in [4.69, 9.17) is 21.1 Å². The molecule has 0 aliphatic carbocycles. The lowest BCUT2D eigenvalue weighted by Gasteiger charge is -2.29. The van der Waals surface area contributed by atoms with E-state index in [9.17, 15) is 14.0 Å². The van der Waals surface area contributed by atoms with Gasteiger partial charge in [0.15, 0.2) is 5.54 Å². The van der Waals surface area contributed by atoms with Crippen molar-refractivity contribution in [2.75, 3.05) is 7.11 Å². The minimum atomic E-state index is -1.62. The van der Waals surface area contributed by atoms with Gasteiger partial charge in [0, 0.05) is 5.56 Å². The van der Waals surface area contributed by atoms with E-state index in [1.54, 1.807) is 19.1 Å². The first kappa shape index (κ1) is 24.9. The van der Waals surface area contributed by atoms with Crippen LogP contribution in [0.2, 0.25) is 5.02 Å². The van der Waals surface area contributed by atoms with Crippen LogP contribution in [0.1, 0.15) is 30.7 Å². The number of amides is 1. The van der Waals surface area contributed by atoms with E-state index in [0.717, 1.165) is 5.56 Å². The average Bonchev–Trinajstić information content (AvgIpc) is 2.84. The van der Waals surface area contributed by atoms with Gasteiger partial charge in [-0.25, -0.2) is 19.0 Å². The van der Waals surface area contributed by atoms with Crippen molar-refractivity contribution in [1.29, 1.82) is 0 Å². The number of nitrogens with one attached hydrogen (secondary N) is 1. The van der Waals surface area contributed by atoms with E-state index in [0.29, 0.717) is 28.1 Å². The lowest BCUT2D eigenvalue weighted by molar-refractivity contribution is -0.148. The molecule has 1 aromatic heterocycles. The Labute approximate surface area is 202 Å². The number of esters is 1. The zero-order chi connectivity index (χ0) is 24.9. The lowest BCUT2D eigenvalue weighted by Crippen LogP contribution is -2.50. The van der Waals surface area contributed by atoms with Gasteiger partial charge in [0.2, 0.25) is 0 Å². The molecular weight excluding hydrogens is 459 g/mol. The predicted molar refractivity (Wildman–Crippen MR) is 128 cm³/mol. The molecule has 1 amide bonds. The standard InChI is InChI=1S/C26H24ClFN2O4/c1-16(2)22-13-19(14-23(29-22)18-10-11-21(28)20(27)12-18)26(3,24(31)33-4)30-25(32)34-15-17-8-6-5-7-9-17/h5-14H,1,15H2,2-4H3,(H,30,32). The SMILES string of the molecule is C=C(C)c1cc(C(C)(NC(=O)OCc2ccccc2)C(=O)OC)cc(-c2ccc(F)c(Cl)c2)n1. The number of carbonyl (C=O) groups is 2. The van der Waals surface area contributed by atoms with Crippen LogP contribution >= 0.6 is 11.6 Å². The van der Waals surface area contributed by atoms with E-state index in [1.165, 1.54) is 32.2 Å². The molecule has 34 heavy (non-hydrogen) atoms. The number of halogens is 2. The van der Waals surface area contributed by atoms with Crippen LogP contribution in [0.4, 0.5) is 9.18 Å². The fourth-order valence-electron chi connectivity index (χ4n) is 3.25. The largest absolute Gasteiger partial charge is 0.467 e. The number of aromatic nitrogens is 1. The lowest BCUT2D eigenvalue weighted by atomic mass is 9.90. The number of hydrogen-bond donors (Lipinski definition) is 1. The summed E-state index contributed by atoms with van der Waals surface area (Å²) >= 11 is 5.95. The van der Waals surface area contributed by atoms with Crippen LogP contribution < -0.4 is 5.32 Å². The summed E-state index contributed by atoms with van der Waals surface area (Å²) < 4.78 is 24.0. The van der Waals surface area contributed by atoms with E-state index in [-0.39, 0.29) is 11.6 Å². The van der Waals surface area contributed by atoms with E-state index >= 15 is 0 Å². The van der Waals surface area contributed by atoms with Gasteiger partial charge in [0.25, 0.3) is 0 Å². The molecule has 1 unspecified atom stereocenters. The Kier molecular flexibility index (Phi) is 7.68. The Hall–Kier alpha value is -3.71. The highest BCUT2D eigenvalue weighted by Crippen LogP contribution is 2.31. The topological polar surface area (TPSA) is 77.5 Å². The van der Waals surface area contributed by atoms with Crippen molar-refractivity contribution >= 4 is 29.2 Å². The molecule has 1 heterocycles. The fourth-order valence-corrected chi connectivity index (χ4v) is 3.43. The van der Waals surface area contributed by atoms with Gasteiger partial charge in [-0.1, -0.05) is 48.5 Å². The number of alkyl carbamates (subject to hydrolysis) is 1. The van der Waals surface area contributed by atoms with E-state index in [1.807, 2.05) is 30.3 Å². The molecule has 8 heteroatoms. The van der Waals surface area contributed by atoms with Crippen molar-refractivity contribution in [3.05, 3.63) is 94.9 Å². The highest BCUT2D eigenvalue weighted by atomic mass is 35.5. The van der Waals surface area contributed by atoms with Crippen LogP contribution in [-0.4, -0.2) is 24.2 Å². The highest BCUT2D eigenvalue weighted by Gasteiger charge is 2.39. The monoisotopic (exact) mass is 482 g/mol. The number of carbonyl (C=O) groups excluding carboxylic acids is 2. The minimum absolute atomic E-state index is 0.0244. The molecule has 1 atom stereocenters. The summed E-state index contributed by atoms with van der Waals surface area (Å²) in [5.41, 5.74) is 1.58. The number of benzene rings is 2. The maximum Gasteiger partial charge on any atom is 0.408 e. The van der Waals surface area contributed by atoms with Crippen LogP contribution in [0.25, 0.3) is 16.8 Å². The summed E-state index contributed by atoms with van der Waals surface area (Å²) in [5.74, 6) is -1.28. The van der Waals surface area contributed by atoms with Gasteiger partial charge in [0.1, 0.15) is 12.4 Å². The van der Waals surface area contributed by atoms with Gasteiger partial charge in [-0.3, -0.25) is 0 Å². The molecule has 3 rings (SSSR count). The summed E-state index contributed by atoms with van der Waals surface area (Å²) in [6.07, 6.45) is -0.809. The summed E-state index contributed by atoms with van der Waals surface area (Å²) in [4.78, 5) is 30.1. The quantitative estimate of drug-likeness (QED) is 0.425. The van der Waals surface area contributed by atoms with Crippen LogP contribution in [0.5, 0.6) is 0 Å². The molecule has 0 saturated carbocycles. The summed E-state index contributed by atoms with van der Waals surface area (Å²) in [5, 5.41) is 2.55. The predicted octanol–water partition coefficient (Wildman–Crippen LogP) is 5.89. The van der Waals surface area contributed by atoms with Gasteiger partial charge in [-0.15, -0.1) is 0 Å². The molecule has 6 nitrogen and oxygen atoms in total. The summed E-state index contributed by atoms with van der Waals surface area (Å²) in [6.45, 7) is 7.21. The van der Waals surface area contributed by atoms with Crippen molar-refractivity contribution in [2.45, 2.75) is 26.0 Å². The van der Waals surface area contributed by atoms with Crippen LogP contribution in [0, 0.1) is 5.82 Å². The second-order valence-corrected chi connectivity index (χ2v) is 8.25. The Morgan fingerprint density at radius 2 is 1.85 bits per heavy atom. The molecule has 0 aliphatic heterocycles. The molecule has 176 valence electrons. The molecule has 0 fully saturated rings. The third-order valence-electron chi connectivity index (χ3n) is 5.21. The molecule has 0 bridgehead atoms. The molecule has 1 N–H and O–H groups in total. The summed E-state index contributed by atoms with van der Waals surface area (Å²) in [7, 11) is 1.22. The third kappa shape index (κ3) is 5.61. The van der Waals surface area contributed by atoms with Crippen LogP contribution in [0.15, 0.2) is 67.2 Å². The number of allylic oxidation sites excluding steroid dienone is 1. The number of hydrogen-bond acceptors (Lipinski definition) is 5. The molecular formula is C26H24ClFN2O4. The normalized spacial score (nSPS) is 12.4. The minimum Gasteiger partial charge on any atom is -0.467 e. The number of methoxy groups -OCH3 is 1. The Morgan fingerprint density at radius 1 is 1.15 bits per heavy atom. The maximum atomic E-state index is 13.7. The first-order valence-corrected chi connectivity index (χ1v) is 10.7. The smallest absolute Gasteiger partial charge is 0.408 e. The maximum absolute atomic E-state index is 13.7. The Balaban J connectivity index is 2.00. The Morgan fingerprint density at radius 3 is 2.47 bits per heavy atom. The number of pyridine rings is 1. The molecule has 0 spiro atoms. The van der Waals surface area contributed by atoms with Crippen molar-refractivity contribution < 1.29 is 23.5 Å². The zero-order valence-electron chi connectivity index (χ0n) is 19.0. The molecule has 0 aliphatic rings. The second kappa shape index (κ2) is 10.5. The van der Waals surface area contributed by atoms with Crippen molar-refractivity contribution in [2.24, 2.45) is 0 Å². The van der Waals surface area contributed by atoms with Gasteiger partial charge in [-0.05, 0) is 60.9 Å². The number of nitrogens with zero attached hydrogens (tertiary/aromatic N) is 1. The Bertz CT molecular complexity index is 1230. The average molecular weight is 483 g/mol. The van der Waals surface area contributed by atoms with Crippen molar-refractivity contribution in [1.82, 2.24) is 10.3 Å². The first-order chi connectivity index (χ1) is 16.1. The highest BCUT2D eigenvalue weighted by molar-refractivity contribution is 6.31. The van der Waals surface area contributed by atoms with Crippen LogP contribution in [0.3, 0.4) is 0 Å². The summed E-state index contributed by atoms with van der Waals surface area (Å²) in [6, 6.07) is 16.6. The van der Waals surface area contributed by atoms with Gasteiger partial charge < -0.3 is 14.8 Å². The van der Waals surface area contributed by atoms with Gasteiger partial charge >= 0.3 is 12.1 Å².